The molecule has 0 nitrogen and oxygen atoms in total. The average Bonchev–Trinajstić information content (AvgIpc) is 2.34. The van der Waals surface area contributed by atoms with Gasteiger partial charge in [-0.1, -0.05) is 0 Å². The van der Waals surface area contributed by atoms with Crippen LogP contribution in [-0.2, 0) is 0 Å². The topological polar surface area (TPSA) is 0 Å². The van der Waals surface area contributed by atoms with Gasteiger partial charge in [-0.2, -0.15) is 5.01 Å². The van der Waals surface area contributed by atoms with E-state index in [4.69, 9.17) is 92.8 Å². The summed E-state index contributed by atoms with van der Waals surface area (Å²) in [5.74, 6) is 0. The molecular weight excluding hydrogens is 239 g/mol. The standard InChI is InChI=1S/CB21/c2-14-16(5)1(15(3)4,17(19(6)7)20(8)9)18(21(10)11)22(12)13. The Bertz CT molecular complexity index is 265. The van der Waals surface area contributed by atoms with Gasteiger partial charge in [0.15, 0.2) is 0 Å². The number of rotatable bonds is 9. The second kappa shape index (κ2) is 9.74. The molecule has 22 heavy (non-hydrogen) atoms. The van der Waals surface area contributed by atoms with E-state index in [2.05, 4.69) is 0 Å². The Balaban J connectivity index is 6.46. The first-order chi connectivity index (χ1) is 9.95. The van der Waals surface area contributed by atoms with E-state index in [1.807, 2.05) is 0 Å². The molecule has 0 aliphatic rings. The zero-order valence-corrected chi connectivity index (χ0v) is 12.6. The minimum atomic E-state index is -1.42. The van der Waals surface area contributed by atoms with E-state index in [1.54, 1.807) is 0 Å². The van der Waals surface area contributed by atoms with Gasteiger partial charge in [0.2, 0.25) is 0 Å². The van der Waals surface area contributed by atoms with Gasteiger partial charge in [-0.15, -0.1) is 0 Å². The molecule has 0 saturated carbocycles. The molecule has 0 N–H and O–H groups in total. The van der Waals surface area contributed by atoms with Crippen LogP contribution >= 0.6 is 0 Å². The molecule has 0 aromatic carbocycles. The van der Waals surface area contributed by atoms with Crippen molar-refractivity contribution in [3.63, 3.8) is 0 Å². The molecule has 21 heteroatoms. The quantitative estimate of drug-likeness (QED) is 0.351. The molecule has 0 bridgehead atoms. The lowest BCUT2D eigenvalue weighted by Crippen LogP contribution is -2.80. The maximum Gasteiger partial charge on any atom is 0.0243 e. The molecule has 0 aromatic heterocycles. The summed E-state index contributed by atoms with van der Waals surface area (Å²) < 4.78 is 0. The molecule has 0 saturated heterocycles. The van der Waals surface area contributed by atoms with Crippen molar-refractivity contribution in [3.05, 3.63) is 0 Å². The van der Waals surface area contributed by atoms with Gasteiger partial charge < -0.3 is 0 Å². The monoisotopic (exact) mass is 243 g/mol. The summed E-state index contributed by atoms with van der Waals surface area (Å²) in [4.78, 5) is 0. The van der Waals surface area contributed by atoms with Crippen LogP contribution in [-0.4, -0.2) is 151 Å². The Morgan fingerprint density at radius 3 is 0.955 bits per heavy atom. The molecule has 0 heterocycles. The van der Waals surface area contributed by atoms with Gasteiger partial charge in [0.05, 0.1) is 0 Å². The van der Waals surface area contributed by atoms with Crippen molar-refractivity contribution in [3.8, 4) is 0 Å². The molecule has 0 amide bonds. The van der Waals surface area contributed by atoms with Gasteiger partial charge in [0, 0.05) is 151 Å². The van der Waals surface area contributed by atoms with Crippen LogP contribution < -0.4 is 0 Å². The smallest absolute Gasteiger partial charge is 0.0243 e. The second-order valence-electron chi connectivity index (χ2n) is 5.60. The molecule has 0 fully saturated rings. The van der Waals surface area contributed by atoms with Gasteiger partial charge in [-0.25, -0.2) is 0 Å². The maximum atomic E-state index is 6.12. The van der Waals surface area contributed by atoms with Crippen LogP contribution in [0, 0.1) is 0 Å². The highest BCUT2D eigenvalue weighted by molar-refractivity contribution is 7.94. The SMILES string of the molecule is [B][B]B([B])C(B([B])[B])(B(B([B])[B])B([B])[B])B(B([B])[B])B([B])[B]. The largest absolute Gasteiger partial charge is 0.169 e. The lowest BCUT2D eigenvalue weighted by atomic mass is 8.49. The molecule has 0 unspecified atom stereocenters. The third-order valence-electron chi connectivity index (χ3n) is 4.18. The fraction of sp³-hybridized carbons (Fsp3) is 1.00. The van der Waals surface area contributed by atoms with Crippen molar-refractivity contribution in [1.82, 2.24) is 0 Å². The molecule has 67 valence electrons. The van der Waals surface area contributed by atoms with Crippen molar-refractivity contribution in [2.24, 2.45) is 0 Å². The van der Waals surface area contributed by atoms with E-state index in [-0.39, 0.29) is 0 Å². The van der Waals surface area contributed by atoms with Crippen molar-refractivity contribution in [2.75, 3.05) is 0 Å². The van der Waals surface area contributed by atoms with E-state index < -0.39 is 56.5 Å². The van der Waals surface area contributed by atoms with E-state index >= 15 is 0 Å². The van der Waals surface area contributed by atoms with E-state index in [9.17, 15) is 0 Å². The summed E-state index contributed by atoms with van der Waals surface area (Å²) >= 11 is 0. The van der Waals surface area contributed by atoms with E-state index in [0.717, 1.165) is 7.06 Å². The highest BCUT2D eigenvalue weighted by atomic mass is 13.8. The molecule has 25 radical (unpaired) electrons. The number of hydrogen-bond acceptors (Lipinski definition) is 0. The maximum absolute atomic E-state index is 6.12. The Morgan fingerprint density at radius 2 is 0.818 bits per heavy atom. The first-order valence-electron chi connectivity index (χ1n) is 6.82. The minimum absolute atomic E-state index is 0.906. The highest BCUT2D eigenvalue weighted by Gasteiger charge is 2.54. The Morgan fingerprint density at radius 1 is 0.545 bits per heavy atom. The predicted octanol–water partition coefficient (Wildman–Crippen LogP) is -7.78. The average molecular weight is 239 g/mol. The fourth-order valence-corrected chi connectivity index (χ4v) is 3.35. The van der Waals surface area contributed by atoms with Gasteiger partial charge in [0.1, 0.15) is 0 Å². The zero-order valence-electron chi connectivity index (χ0n) is 12.6. The first kappa shape index (κ1) is 23.4. The third-order valence-corrected chi connectivity index (χ3v) is 4.18. The van der Waals surface area contributed by atoms with Crippen LogP contribution in [0.1, 0.15) is 0 Å². The summed E-state index contributed by atoms with van der Waals surface area (Å²) in [6.45, 7) is -3.92. The summed E-state index contributed by atoms with van der Waals surface area (Å²) in [5.41, 5.74) is 0. The molecule has 0 aliphatic carbocycles. The highest BCUT2D eigenvalue weighted by Crippen LogP contribution is 2.37. The van der Waals surface area contributed by atoms with Gasteiger partial charge in [0.25, 0.3) is 0 Å². The van der Waals surface area contributed by atoms with Gasteiger partial charge in [-0.05, 0) is 0 Å². The lowest BCUT2D eigenvalue weighted by molar-refractivity contribution is 1.60. The second-order valence-corrected chi connectivity index (χ2v) is 5.60. The van der Waals surface area contributed by atoms with Crippen LogP contribution in [0.25, 0.3) is 0 Å². The van der Waals surface area contributed by atoms with Crippen molar-refractivity contribution in [1.29, 1.82) is 0 Å². The summed E-state index contributed by atoms with van der Waals surface area (Å²) in [6, 6.07) is 0. The van der Waals surface area contributed by atoms with Crippen LogP contribution in [0.15, 0.2) is 0 Å². The Labute approximate surface area is 156 Å². The van der Waals surface area contributed by atoms with Crippen LogP contribution in [0.3, 0.4) is 0 Å². The summed E-state index contributed by atoms with van der Waals surface area (Å²) in [6.07, 6.45) is -4.16. The first-order valence-corrected chi connectivity index (χ1v) is 6.82. The third kappa shape index (κ3) is 4.71. The Hall–Kier alpha value is 1.36. The summed E-state index contributed by atoms with van der Waals surface area (Å²) in [5, 5.41) is -1.42. The van der Waals surface area contributed by atoms with Crippen molar-refractivity contribution >= 4 is 151 Å². The summed E-state index contributed by atoms with van der Waals surface area (Å²) in [7, 11) is 71.4. The Kier molecular flexibility index (Phi) is 10.3. The van der Waals surface area contributed by atoms with E-state index in [1.165, 1.54) is 0 Å². The normalized spacial score (nSPS) is 10.2. The molecule has 0 aromatic rings. The lowest BCUT2D eigenvalue weighted by Gasteiger charge is -2.59. The molecule has 0 spiro atoms. The number of hydrogen-bond donors (Lipinski definition) is 0. The molecular formula is CB21. The predicted molar refractivity (Wildman–Crippen MR) is 124 cm³/mol. The van der Waals surface area contributed by atoms with Crippen LogP contribution in [0.2, 0.25) is 5.01 Å². The van der Waals surface area contributed by atoms with Gasteiger partial charge in [-0.3, -0.25) is 0 Å². The molecule has 0 rings (SSSR count). The van der Waals surface area contributed by atoms with Crippen molar-refractivity contribution in [2.45, 2.75) is 5.01 Å². The molecule has 0 aliphatic heterocycles. The van der Waals surface area contributed by atoms with Crippen molar-refractivity contribution < 1.29 is 0 Å². The van der Waals surface area contributed by atoms with Crippen LogP contribution in [0.5, 0.6) is 0 Å². The van der Waals surface area contributed by atoms with Gasteiger partial charge >= 0.3 is 0 Å². The molecule has 0 atom stereocenters. The van der Waals surface area contributed by atoms with Crippen LogP contribution in [0.4, 0.5) is 0 Å². The fourth-order valence-electron chi connectivity index (χ4n) is 3.35. The van der Waals surface area contributed by atoms with E-state index in [0.29, 0.717) is 0 Å². The zero-order chi connectivity index (χ0) is 17.8. The minimum Gasteiger partial charge on any atom is -0.169 e.